The average Bonchev–Trinajstić information content (AvgIpc) is 2.89. The minimum atomic E-state index is -0.414. The van der Waals surface area contributed by atoms with Crippen molar-refractivity contribution in [3.05, 3.63) is 30.1 Å². The first-order valence-electron chi connectivity index (χ1n) is 6.46. The second-order valence-electron chi connectivity index (χ2n) is 5.43. The molecule has 0 radical (unpaired) electrons. The van der Waals surface area contributed by atoms with Crippen LogP contribution in [-0.2, 0) is 0 Å². The Balaban J connectivity index is 2.03. The number of aliphatic hydroxyl groups excluding tert-OH is 1. The molecule has 1 aromatic carbocycles. The van der Waals surface area contributed by atoms with Crippen molar-refractivity contribution in [2.24, 2.45) is 5.73 Å². The fourth-order valence-corrected chi connectivity index (χ4v) is 3.12. The molecule has 0 amide bonds. The van der Waals surface area contributed by atoms with Gasteiger partial charge in [-0.1, -0.05) is 12.1 Å². The Morgan fingerprint density at radius 1 is 1.50 bits per heavy atom. The predicted molar refractivity (Wildman–Crippen MR) is 71.4 cm³/mol. The molecule has 0 aliphatic heterocycles. The van der Waals surface area contributed by atoms with Gasteiger partial charge >= 0.3 is 0 Å². The van der Waals surface area contributed by atoms with Gasteiger partial charge in [0.25, 0.3) is 0 Å². The van der Waals surface area contributed by atoms with E-state index in [0.29, 0.717) is 6.04 Å². The van der Waals surface area contributed by atoms with Crippen molar-refractivity contribution in [1.82, 2.24) is 9.55 Å². The summed E-state index contributed by atoms with van der Waals surface area (Å²) in [6.07, 6.45) is 2.71. The molecule has 2 unspecified atom stereocenters. The van der Waals surface area contributed by atoms with Crippen LogP contribution >= 0.6 is 0 Å². The molecule has 4 nitrogen and oxygen atoms in total. The van der Waals surface area contributed by atoms with Crippen LogP contribution < -0.4 is 5.73 Å². The Labute approximate surface area is 106 Å². The summed E-state index contributed by atoms with van der Waals surface area (Å²) in [7, 11) is 0. The number of hydrogen-bond acceptors (Lipinski definition) is 3. The normalized spacial score (nSPS) is 28.1. The molecule has 18 heavy (non-hydrogen) atoms. The summed E-state index contributed by atoms with van der Waals surface area (Å²) >= 11 is 0. The lowest BCUT2D eigenvalue weighted by molar-refractivity contribution is 0.196. The first-order chi connectivity index (χ1) is 8.63. The monoisotopic (exact) mass is 245 g/mol. The number of nitrogens with two attached hydrogens (primary N) is 1. The largest absolute Gasteiger partial charge is 0.394 e. The standard InChI is InChI=1S/C14H19N3O/c1-10-16-12-4-2-3-5-13(12)17(10)11-6-7-14(15,8-11)9-18/h2-5,11,18H,6-9,15H2,1H3. The summed E-state index contributed by atoms with van der Waals surface area (Å²) in [5.41, 5.74) is 7.96. The molecule has 3 N–H and O–H groups in total. The number of aryl methyl sites for hydroxylation is 1. The van der Waals surface area contributed by atoms with Crippen molar-refractivity contribution < 1.29 is 5.11 Å². The quantitative estimate of drug-likeness (QED) is 0.847. The first-order valence-corrected chi connectivity index (χ1v) is 6.46. The van der Waals surface area contributed by atoms with Crippen LogP contribution in [-0.4, -0.2) is 26.8 Å². The lowest BCUT2D eigenvalue weighted by Gasteiger charge is -2.22. The zero-order valence-electron chi connectivity index (χ0n) is 10.6. The van der Waals surface area contributed by atoms with E-state index in [1.165, 1.54) is 5.52 Å². The number of nitrogens with zero attached hydrogens (tertiary/aromatic N) is 2. The van der Waals surface area contributed by atoms with Crippen molar-refractivity contribution in [3.8, 4) is 0 Å². The van der Waals surface area contributed by atoms with Crippen LogP contribution in [0.25, 0.3) is 11.0 Å². The zero-order valence-corrected chi connectivity index (χ0v) is 10.6. The van der Waals surface area contributed by atoms with Gasteiger partial charge in [-0.05, 0) is 38.3 Å². The summed E-state index contributed by atoms with van der Waals surface area (Å²) in [6.45, 7) is 2.10. The average molecular weight is 245 g/mol. The Kier molecular flexibility index (Phi) is 2.64. The van der Waals surface area contributed by atoms with Gasteiger partial charge in [0.15, 0.2) is 0 Å². The number of benzene rings is 1. The summed E-state index contributed by atoms with van der Waals surface area (Å²) in [6, 6.07) is 8.54. The molecular weight excluding hydrogens is 226 g/mol. The Hall–Kier alpha value is -1.39. The maximum absolute atomic E-state index is 9.37. The van der Waals surface area contributed by atoms with E-state index in [-0.39, 0.29) is 6.61 Å². The van der Waals surface area contributed by atoms with Gasteiger partial charge in [0.05, 0.1) is 17.6 Å². The zero-order chi connectivity index (χ0) is 12.8. The lowest BCUT2D eigenvalue weighted by Crippen LogP contribution is -2.40. The molecule has 1 saturated carbocycles. The summed E-state index contributed by atoms with van der Waals surface area (Å²) in [5, 5.41) is 9.37. The lowest BCUT2D eigenvalue weighted by atomic mass is 10.0. The second kappa shape index (κ2) is 4.07. The van der Waals surface area contributed by atoms with E-state index in [9.17, 15) is 5.11 Å². The summed E-state index contributed by atoms with van der Waals surface area (Å²) in [5.74, 6) is 1.03. The van der Waals surface area contributed by atoms with Crippen LogP contribution in [0.2, 0.25) is 0 Å². The van der Waals surface area contributed by atoms with Crippen molar-refractivity contribution in [3.63, 3.8) is 0 Å². The van der Waals surface area contributed by atoms with Crippen LogP contribution in [0.15, 0.2) is 24.3 Å². The highest BCUT2D eigenvalue weighted by Crippen LogP contribution is 2.38. The van der Waals surface area contributed by atoms with Gasteiger partial charge in [0.2, 0.25) is 0 Å². The third-order valence-corrected chi connectivity index (χ3v) is 4.07. The van der Waals surface area contributed by atoms with Crippen LogP contribution in [0.1, 0.15) is 31.1 Å². The molecule has 1 fully saturated rings. The smallest absolute Gasteiger partial charge is 0.106 e. The topological polar surface area (TPSA) is 64.1 Å². The predicted octanol–water partition coefficient (Wildman–Crippen LogP) is 1.76. The fraction of sp³-hybridized carbons (Fsp3) is 0.500. The third kappa shape index (κ3) is 1.72. The van der Waals surface area contributed by atoms with E-state index in [2.05, 4.69) is 15.6 Å². The molecule has 0 bridgehead atoms. The molecule has 96 valence electrons. The van der Waals surface area contributed by atoms with Gasteiger partial charge in [0.1, 0.15) is 5.82 Å². The third-order valence-electron chi connectivity index (χ3n) is 4.07. The van der Waals surface area contributed by atoms with Gasteiger partial charge in [-0.25, -0.2) is 4.98 Å². The van der Waals surface area contributed by atoms with Gasteiger partial charge in [-0.3, -0.25) is 0 Å². The molecular formula is C14H19N3O. The molecule has 4 heteroatoms. The van der Waals surface area contributed by atoms with E-state index < -0.39 is 5.54 Å². The minimum absolute atomic E-state index is 0.0647. The van der Waals surface area contributed by atoms with Crippen LogP contribution in [0.5, 0.6) is 0 Å². The summed E-state index contributed by atoms with van der Waals surface area (Å²) < 4.78 is 2.28. The van der Waals surface area contributed by atoms with Gasteiger partial charge in [-0.15, -0.1) is 0 Å². The molecule has 1 heterocycles. The van der Waals surface area contributed by atoms with Crippen molar-refractivity contribution in [1.29, 1.82) is 0 Å². The van der Waals surface area contributed by atoms with Crippen molar-refractivity contribution in [2.75, 3.05) is 6.61 Å². The molecule has 2 atom stereocenters. The first kappa shape index (κ1) is 11.7. The number of rotatable bonds is 2. The molecule has 1 aromatic heterocycles. The number of fused-ring (bicyclic) bond motifs is 1. The molecule has 0 spiro atoms. The van der Waals surface area contributed by atoms with E-state index in [4.69, 9.17) is 5.73 Å². The van der Waals surface area contributed by atoms with Crippen LogP contribution in [0, 0.1) is 6.92 Å². The number of aromatic nitrogens is 2. The maximum Gasteiger partial charge on any atom is 0.106 e. The van der Waals surface area contributed by atoms with E-state index in [1.807, 2.05) is 25.1 Å². The van der Waals surface area contributed by atoms with Crippen LogP contribution in [0.3, 0.4) is 0 Å². The van der Waals surface area contributed by atoms with E-state index >= 15 is 0 Å². The maximum atomic E-state index is 9.37. The Morgan fingerprint density at radius 2 is 2.28 bits per heavy atom. The fourth-order valence-electron chi connectivity index (χ4n) is 3.12. The Bertz CT molecular complexity index is 577. The summed E-state index contributed by atoms with van der Waals surface area (Å²) in [4.78, 5) is 4.59. The van der Waals surface area contributed by atoms with Gasteiger partial charge in [-0.2, -0.15) is 0 Å². The van der Waals surface area contributed by atoms with Crippen LogP contribution in [0.4, 0.5) is 0 Å². The number of hydrogen-bond donors (Lipinski definition) is 2. The van der Waals surface area contributed by atoms with Crippen molar-refractivity contribution >= 4 is 11.0 Å². The second-order valence-corrected chi connectivity index (χ2v) is 5.43. The Morgan fingerprint density at radius 3 is 3.00 bits per heavy atom. The molecule has 3 rings (SSSR count). The SMILES string of the molecule is Cc1nc2ccccc2n1C1CCC(N)(CO)C1. The van der Waals surface area contributed by atoms with Gasteiger partial charge < -0.3 is 15.4 Å². The molecule has 0 saturated heterocycles. The molecule has 1 aliphatic rings. The number of imidazole rings is 1. The highest BCUT2D eigenvalue weighted by Gasteiger charge is 2.36. The molecule has 2 aromatic rings. The number of aliphatic hydroxyl groups is 1. The van der Waals surface area contributed by atoms with Crippen molar-refractivity contribution in [2.45, 2.75) is 37.8 Å². The van der Waals surface area contributed by atoms with Gasteiger partial charge in [0, 0.05) is 11.6 Å². The highest BCUT2D eigenvalue weighted by atomic mass is 16.3. The van der Waals surface area contributed by atoms with E-state index in [1.54, 1.807) is 0 Å². The molecule has 1 aliphatic carbocycles. The number of para-hydroxylation sites is 2. The minimum Gasteiger partial charge on any atom is -0.394 e. The van der Waals surface area contributed by atoms with E-state index in [0.717, 1.165) is 30.6 Å². The highest BCUT2D eigenvalue weighted by molar-refractivity contribution is 5.76.